The van der Waals surface area contributed by atoms with Crippen LogP contribution in [-0.2, 0) is 17.8 Å². The Labute approximate surface area is 202 Å². The molecule has 1 aliphatic rings. The number of nitrogens with zero attached hydrogens (tertiary/aromatic N) is 3. The standard InChI is InChI=1S/C21H26F3N5O2.HI/c1-15-14-29(9-10-30-15)19-8-7-16(11-26-19)12-27-20(25-2)28-13-17-5-3-4-6-18(17)31-21(22,23)24;/h3-8,11,15H,9-10,12-14H2,1-2H3,(H2,25,27,28);1H. The Morgan fingerprint density at radius 1 is 1.22 bits per heavy atom. The monoisotopic (exact) mass is 565 g/mol. The first kappa shape index (κ1) is 26.0. The molecule has 0 radical (unpaired) electrons. The van der Waals surface area contributed by atoms with Gasteiger partial charge in [0.25, 0.3) is 0 Å². The summed E-state index contributed by atoms with van der Waals surface area (Å²) < 4.78 is 47.3. The number of hydrogen-bond donors (Lipinski definition) is 2. The van der Waals surface area contributed by atoms with E-state index in [1.165, 1.54) is 12.1 Å². The van der Waals surface area contributed by atoms with Gasteiger partial charge in [-0.05, 0) is 24.6 Å². The fraction of sp³-hybridized carbons (Fsp3) is 0.429. The number of rotatable bonds is 6. The van der Waals surface area contributed by atoms with Crippen LogP contribution in [0.3, 0.4) is 0 Å². The molecule has 1 aromatic heterocycles. The maximum Gasteiger partial charge on any atom is 0.573 e. The van der Waals surface area contributed by atoms with Crippen LogP contribution in [0.2, 0.25) is 0 Å². The molecular formula is C21H27F3IN5O2. The number of morpholine rings is 1. The molecule has 1 fully saturated rings. The van der Waals surface area contributed by atoms with Gasteiger partial charge in [0.05, 0.1) is 12.7 Å². The smallest absolute Gasteiger partial charge is 0.405 e. The maximum atomic E-state index is 12.6. The number of alkyl halides is 3. The quantitative estimate of drug-likeness (QED) is 0.317. The number of nitrogens with one attached hydrogen (secondary N) is 2. The first-order valence-electron chi connectivity index (χ1n) is 9.93. The molecule has 1 aromatic carbocycles. The van der Waals surface area contributed by atoms with Gasteiger partial charge in [-0.2, -0.15) is 0 Å². The summed E-state index contributed by atoms with van der Waals surface area (Å²) in [6.07, 6.45) is -2.77. The molecular weight excluding hydrogens is 538 g/mol. The summed E-state index contributed by atoms with van der Waals surface area (Å²) in [5, 5.41) is 6.13. The van der Waals surface area contributed by atoms with Crippen molar-refractivity contribution in [1.82, 2.24) is 15.6 Å². The third-order valence-electron chi connectivity index (χ3n) is 4.70. The van der Waals surface area contributed by atoms with Crippen LogP contribution in [0, 0.1) is 0 Å². The third-order valence-corrected chi connectivity index (χ3v) is 4.70. The van der Waals surface area contributed by atoms with Gasteiger partial charge in [-0.25, -0.2) is 4.98 Å². The Morgan fingerprint density at radius 3 is 2.62 bits per heavy atom. The number of anilines is 1. The van der Waals surface area contributed by atoms with Crippen molar-refractivity contribution in [2.45, 2.75) is 32.5 Å². The molecule has 1 unspecified atom stereocenters. The van der Waals surface area contributed by atoms with E-state index in [2.05, 4.69) is 30.2 Å². The van der Waals surface area contributed by atoms with E-state index in [0.717, 1.165) is 24.5 Å². The lowest BCUT2D eigenvalue weighted by molar-refractivity contribution is -0.274. The molecule has 0 saturated carbocycles. The number of aliphatic imine (C=N–C) groups is 1. The summed E-state index contributed by atoms with van der Waals surface area (Å²) >= 11 is 0. The van der Waals surface area contributed by atoms with Crippen molar-refractivity contribution in [1.29, 1.82) is 0 Å². The van der Waals surface area contributed by atoms with Gasteiger partial charge in [-0.3, -0.25) is 4.99 Å². The molecule has 0 aliphatic carbocycles. The van der Waals surface area contributed by atoms with Crippen molar-refractivity contribution < 1.29 is 22.6 Å². The highest BCUT2D eigenvalue weighted by atomic mass is 127. The second-order valence-corrected chi connectivity index (χ2v) is 7.09. The van der Waals surface area contributed by atoms with Crippen molar-refractivity contribution in [2.24, 2.45) is 4.99 Å². The Morgan fingerprint density at radius 2 is 1.97 bits per heavy atom. The number of halogens is 4. The molecule has 1 saturated heterocycles. The van der Waals surface area contributed by atoms with E-state index in [1.807, 2.05) is 19.1 Å². The molecule has 176 valence electrons. The minimum absolute atomic E-state index is 0. The summed E-state index contributed by atoms with van der Waals surface area (Å²) in [4.78, 5) is 10.8. The van der Waals surface area contributed by atoms with E-state index in [4.69, 9.17) is 4.74 Å². The molecule has 0 amide bonds. The average molecular weight is 565 g/mol. The summed E-state index contributed by atoms with van der Waals surface area (Å²) in [6.45, 7) is 4.93. The molecule has 2 aromatic rings. The van der Waals surface area contributed by atoms with Crippen LogP contribution < -0.4 is 20.3 Å². The summed E-state index contributed by atoms with van der Waals surface area (Å²) in [5.41, 5.74) is 1.32. The van der Waals surface area contributed by atoms with E-state index in [0.29, 0.717) is 24.7 Å². The van der Waals surface area contributed by atoms with Gasteiger partial charge in [0, 0.05) is 45.0 Å². The van der Waals surface area contributed by atoms with Crippen LogP contribution in [0.4, 0.5) is 19.0 Å². The molecule has 7 nitrogen and oxygen atoms in total. The van der Waals surface area contributed by atoms with E-state index in [9.17, 15) is 13.2 Å². The Hall–Kier alpha value is -2.28. The highest BCUT2D eigenvalue weighted by molar-refractivity contribution is 14.0. The number of ether oxygens (including phenoxy) is 2. The third kappa shape index (κ3) is 8.01. The van der Waals surface area contributed by atoms with Crippen molar-refractivity contribution in [3.05, 3.63) is 53.7 Å². The predicted octanol–water partition coefficient (Wildman–Crippen LogP) is 3.69. The maximum absolute atomic E-state index is 12.6. The van der Waals surface area contributed by atoms with E-state index in [-0.39, 0.29) is 42.4 Å². The summed E-state index contributed by atoms with van der Waals surface area (Å²) in [7, 11) is 1.59. The predicted molar refractivity (Wildman–Crippen MR) is 127 cm³/mol. The van der Waals surface area contributed by atoms with Gasteiger partial charge < -0.3 is 25.0 Å². The fourth-order valence-electron chi connectivity index (χ4n) is 3.19. The van der Waals surface area contributed by atoms with Crippen molar-refractivity contribution in [3.63, 3.8) is 0 Å². The summed E-state index contributed by atoms with van der Waals surface area (Å²) in [6, 6.07) is 9.94. The van der Waals surface area contributed by atoms with Crippen LogP contribution >= 0.6 is 24.0 Å². The molecule has 1 atom stereocenters. The normalized spacial score (nSPS) is 16.8. The molecule has 3 rings (SSSR count). The van der Waals surface area contributed by atoms with Gasteiger partial charge in [0.1, 0.15) is 11.6 Å². The van der Waals surface area contributed by atoms with Crippen LogP contribution in [0.15, 0.2) is 47.6 Å². The highest BCUT2D eigenvalue weighted by Crippen LogP contribution is 2.26. The van der Waals surface area contributed by atoms with Crippen molar-refractivity contribution in [3.8, 4) is 5.75 Å². The average Bonchev–Trinajstić information content (AvgIpc) is 2.74. The summed E-state index contributed by atoms with van der Waals surface area (Å²) in [5.74, 6) is 1.12. The topological polar surface area (TPSA) is 71.0 Å². The Bertz CT molecular complexity index is 880. The molecule has 2 heterocycles. The number of pyridine rings is 1. The lowest BCUT2D eigenvalue weighted by Gasteiger charge is -2.32. The van der Waals surface area contributed by atoms with Crippen molar-refractivity contribution >= 4 is 35.8 Å². The molecule has 0 bridgehead atoms. The molecule has 0 spiro atoms. The zero-order valence-electron chi connectivity index (χ0n) is 17.9. The second kappa shape index (κ2) is 12.1. The number of hydrogen-bond acceptors (Lipinski definition) is 5. The van der Waals surface area contributed by atoms with Gasteiger partial charge in [-0.1, -0.05) is 24.3 Å². The molecule has 11 heteroatoms. The van der Waals surface area contributed by atoms with Crippen molar-refractivity contribution in [2.75, 3.05) is 31.6 Å². The van der Waals surface area contributed by atoms with Gasteiger partial charge in [-0.15, -0.1) is 37.1 Å². The van der Waals surface area contributed by atoms with Gasteiger partial charge in [0.2, 0.25) is 0 Å². The fourth-order valence-corrected chi connectivity index (χ4v) is 3.19. The molecule has 2 N–H and O–H groups in total. The second-order valence-electron chi connectivity index (χ2n) is 7.09. The van der Waals surface area contributed by atoms with E-state index in [1.54, 1.807) is 25.4 Å². The number of para-hydroxylation sites is 1. The SMILES string of the molecule is CN=C(NCc1ccc(N2CCOC(C)C2)nc1)NCc1ccccc1OC(F)(F)F.I. The number of aromatic nitrogens is 1. The van der Waals surface area contributed by atoms with Crippen LogP contribution in [0.1, 0.15) is 18.1 Å². The van der Waals surface area contributed by atoms with E-state index < -0.39 is 6.36 Å². The van der Waals surface area contributed by atoms with Gasteiger partial charge >= 0.3 is 6.36 Å². The minimum Gasteiger partial charge on any atom is -0.405 e. The highest BCUT2D eigenvalue weighted by Gasteiger charge is 2.31. The minimum atomic E-state index is -4.74. The van der Waals surface area contributed by atoms with Crippen LogP contribution in [0.25, 0.3) is 0 Å². The zero-order chi connectivity index (χ0) is 22.3. The molecule has 32 heavy (non-hydrogen) atoms. The number of benzene rings is 1. The van der Waals surface area contributed by atoms with E-state index >= 15 is 0 Å². The first-order chi connectivity index (χ1) is 14.8. The molecule has 1 aliphatic heterocycles. The number of guanidine groups is 1. The first-order valence-corrected chi connectivity index (χ1v) is 9.93. The van der Waals surface area contributed by atoms with Crippen LogP contribution in [-0.4, -0.2) is 50.2 Å². The Kier molecular flexibility index (Phi) is 9.82. The lowest BCUT2D eigenvalue weighted by atomic mass is 10.2. The lowest BCUT2D eigenvalue weighted by Crippen LogP contribution is -2.41. The zero-order valence-corrected chi connectivity index (χ0v) is 20.2. The Balaban J connectivity index is 0.00000363. The largest absolute Gasteiger partial charge is 0.573 e. The van der Waals surface area contributed by atoms with Gasteiger partial charge in [0.15, 0.2) is 5.96 Å². The van der Waals surface area contributed by atoms with Crippen LogP contribution in [0.5, 0.6) is 5.75 Å².